The lowest BCUT2D eigenvalue weighted by Gasteiger charge is -1.98. The number of hydrogen-bond acceptors (Lipinski definition) is 3. The van der Waals surface area contributed by atoms with Crippen molar-refractivity contribution in [1.29, 1.82) is 0 Å². The van der Waals surface area contributed by atoms with E-state index in [1.54, 1.807) is 29.4 Å². The van der Waals surface area contributed by atoms with Gasteiger partial charge in [0.25, 0.3) is 0 Å². The number of pyridine rings is 1. The summed E-state index contributed by atoms with van der Waals surface area (Å²) in [6.45, 7) is -0.0329. The zero-order valence-electron chi connectivity index (χ0n) is 8.45. The molecule has 0 atom stereocenters. The number of carboxylic acid groups (broad SMARTS) is 1. The lowest BCUT2D eigenvalue weighted by molar-refractivity contribution is -0.685. The van der Waals surface area contributed by atoms with Crippen molar-refractivity contribution in [3.63, 3.8) is 0 Å². The summed E-state index contributed by atoms with van der Waals surface area (Å²) in [5.41, 5.74) is 1.94. The van der Waals surface area contributed by atoms with E-state index < -0.39 is 5.97 Å². The molecular formula is C11H10N3O2+. The van der Waals surface area contributed by atoms with Gasteiger partial charge in [0.2, 0.25) is 6.54 Å². The van der Waals surface area contributed by atoms with Crippen molar-refractivity contribution in [1.82, 2.24) is 10.2 Å². The summed E-state index contributed by atoms with van der Waals surface area (Å²) in [5, 5.41) is 16.1. The quantitative estimate of drug-likeness (QED) is 0.759. The van der Waals surface area contributed by atoms with Gasteiger partial charge < -0.3 is 5.11 Å². The van der Waals surface area contributed by atoms with Crippen molar-refractivity contribution in [2.45, 2.75) is 6.54 Å². The Kier molecular flexibility index (Phi) is 2.86. The van der Waals surface area contributed by atoms with Crippen LogP contribution in [0.5, 0.6) is 0 Å². The van der Waals surface area contributed by atoms with E-state index in [2.05, 4.69) is 10.2 Å². The molecule has 2 aromatic heterocycles. The second-order valence-electron chi connectivity index (χ2n) is 3.28. The third kappa shape index (κ3) is 2.38. The molecule has 0 saturated carbocycles. The van der Waals surface area contributed by atoms with Gasteiger partial charge in [0.1, 0.15) is 0 Å². The third-order valence-corrected chi connectivity index (χ3v) is 2.13. The Hall–Kier alpha value is -2.30. The maximum Gasteiger partial charge on any atom is 0.370 e. The zero-order chi connectivity index (χ0) is 11.4. The smallest absolute Gasteiger partial charge is 0.370 e. The standard InChI is InChI=1S/C11H9N3O2/c15-11(16)8-14-5-2-9(3-6-14)10-1-4-12-13-7-10/h1-7H,8H2/p+1. The number of carboxylic acids is 1. The Balaban J connectivity index is 2.23. The molecule has 2 aromatic rings. The molecule has 2 rings (SSSR count). The van der Waals surface area contributed by atoms with Crippen LogP contribution in [0.1, 0.15) is 0 Å². The molecule has 0 saturated heterocycles. The average molecular weight is 216 g/mol. The average Bonchev–Trinajstić information content (AvgIpc) is 2.30. The summed E-state index contributed by atoms with van der Waals surface area (Å²) in [6, 6.07) is 5.55. The molecule has 5 nitrogen and oxygen atoms in total. The highest BCUT2D eigenvalue weighted by atomic mass is 16.4. The number of aliphatic carboxylic acids is 1. The second kappa shape index (κ2) is 4.48. The first-order valence-electron chi connectivity index (χ1n) is 4.74. The summed E-state index contributed by atoms with van der Waals surface area (Å²) in [7, 11) is 0. The van der Waals surface area contributed by atoms with Gasteiger partial charge in [-0.1, -0.05) is 0 Å². The number of carbonyl (C=O) groups is 1. The highest BCUT2D eigenvalue weighted by Gasteiger charge is 2.06. The number of aromatic nitrogens is 3. The topological polar surface area (TPSA) is 67.0 Å². The molecule has 0 bridgehead atoms. The first-order valence-corrected chi connectivity index (χ1v) is 4.74. The predicted octanol–water partition coefficient (Wildman–Crippen LogP) is 0.516. The van der Waals surface area contributed by atoms with Gasteiger partial charge in [0.15, 0.2) is 12.4 Å². The first kappa shape index (κ1) is 10.2. The van der Waals surface area contributed by atoms with E-state index >= 15 is 0 Å². The number of hydrogen-bond donors (Lipinski definition) is 1. The molecule has 0 radical (unpaired) electrons. The summed E-state index contributed by atoms with van der Waals surface area (Å²) in [5.74, 6) is -0.858. The minimum absolute atomic E-state index is 0.0329. The summed E-state index contributed by atoms with van der Waals surface area (Å²) < 4.78 is 1.60. The van der Waals surface area contributed by atoms with Crippen LogP contribution in [0.4, 0.5) is 0 Å². The molecule has 0 unspecified atom stereocenters. The Labute approximate surface area is 92.0 Å². The molecule has 0 aromatic carbocycles. The molecule has 1 N–H and O–H groups in total. The van der Waals surface area contributed by atoms with Crippen molar-refractivity contribution in [2.75, 3.05) is 0 Å². The van der Waals surface area contributed by atoms with E-state index in [1.807, 2.05) is 18.2 Å². The fraction of sp³-hybridized carbons (Fsp3) is 0.0909. The van der Waals surface area contributed by atoms with Crippen molar-refractivity contribution in [3.05, 3.63) is 43.0 Å². The van der Waals surface area contributed by atoms with E-state index in [4.69, 9.17) is 5.11 Å². The van der Waals surface area contributed by atoms with Crippen molar-refractivity contribution in [2.24, 2.45) is 0 Å². The largest absolute Gasteiger partial charge is 0.477 e. The molecule has 16 heavy (non-hydrogen) atoms. The first-order chi connectivity index (χ1) is 7.75. The van der Waals surface area contributed by atoms with Gasteiger partial charge >= 0.3 is 5.97 Å². The van der Waals surface area contributed by atoms with Crippen LogP contribution in [-0.4, -0.2) is 21.3 Å². The SMILES string of the molecule is O=C(O)C[n+]1ccc(-c2ccnnc2)cc1. The minimum Gasteiger partial charge on any atom is -0.477 e. The van der Waals surface area contributed by atoms with Crippen molar-refractivity contribution in [3.8, 4) is 11.1 Å². The molecule has 80 valence electrons. The van der Waals surface area contributed by atoms with E-state index in [0.29, 0.717) is 0 Å². The van der Waals surface area contributed by atoms with E-state index in [0.717, 1.165) is 11.1 Å². The Bertz CT molecular complexity index is 482. The molecule has 0 aliphatic rings. The van der Waals surface area contributed by atoms with Crippen molar-refractivity contribution < 1.29 is 14.5 Å². The number of nitrogens with zero attached hydrogens (tertiary/aromatic N) is 3. The molecule has 0 amide bonds. The van der Waals surface area contributed by atoms with Gasteiger partial charge in [-0.15, -0.1) is 0 Å². The molecule has 0 aliphatic heterocycles. The van der Waals surface area contributed by atoms with Crippen LogP contribution in [0.2, 0.25) is 0 Å². The maximum atomic E-state index is 10.5. The molecule has 0 fully saturated rings. The lowest BCUT2D eigenvalue weighted by atomic mass is 10.1. The van der Waals surface area contributed by atoms with Crippen LogP contribution in [-0.2, 0) is 11.3 Å². The van der Waals surface area contributed by atoms with Gasteiger partial charge in [0, 0.05) is 17.7 Å². The fourth-order valence-corrected chi connectivity index (χ4v) is 1.37. The van der Waals surface area contributed by atoms with Gasteiger partial charge in [-0.3, -0.25) is 0 Å². The van der Waals surface area contributed by atoms with Crippen LogP contribution in [0.15, 0.2) is 43.0 Å². The number of rotatable bonds is 3. The normalized spacial score (nSPS) is 10.0. The maximum absolute atomic E-state index is 10.5. The lowest BCUT2D eigenvalue weighted by Crippen LogP contribution is -2.36. The van der Waals surface area contributed by atoms with Crippen molar-refractivity contribution >= 4 is 5.97 Å². The van der Waals surface area contributed by atoms with E-state index in [1.165, 1.54) is 0 Å². The molecule has 2 heterocycles. The van der Waals surface area contributed by atoms with Crippen LogP contribution in [0.25, 0.3) is 11.1 Å². The monoisotopic (exact) mass is 216 g/mol. The molecule has 5 heteroatoms. The second-order valence-corrected chi connectivity index (χ2v) is 3.28. The highest BCUT2D eigenvalue weighted by molar-refractivity contribution is 5.65. The zero-order valence-corrected chi connectivity index (χ0v) is 8.45. The molecule has 0 spiro atoms. The predicted molar refractivity (Wildman–Crippen MR) is 55.3 cm³/mol. The third-order valence-electron chi connectivity index (χ3n) is 2.13. The summed E-state index contributed by atoms with van der Waals surface area (Å²) in [4.78, 5) is 10.5. The van der Waals surface area contributed by atoms with E-state index in [9.17, 15) is 4.79 Å². The van der Waals surface area contributed by atoms with Crippen LogP contribution in [0, 0.1) is 0 Å². The van der Waals surface area contributed by atoms with Gasteiger partial charge in [-0.25, -0.2) is 4.79 Å². The van der Waals surface area contributed by atoms with Crippen LogP contribution < -0.4 is 4.57 Å². The molecular weight excluding hydrogens is 206 g/mol. The van der Waals surface area contributed by atoms with Crippen LogP contribution in [0.3, 0.4) is 0 Å². The molecule has 0 aliphatic carbocycles. The van der Waals surface area contributed by atoms with E-state index in [-0.39, 0.29) is 6.54 Å². The van der Waals surface area contributed by atoms with Gasteiger partial charge in [-0.05, 0) is 11.6 Å². The van der Waals surface area contributed by atoms with Gasteiger partial charge in [-0.2, -0.15) is 14.8 Å². The Morgan fingerprint density at radius 2 is 1.94 bits per heavy atom. The Morgan fingerprint density at radius 1 is 1.19 bits per heavy atom. The highest BCUT2D eigenvalue weighted by Crippen LogP contribution is 2.14. The summed E-state index contributed by atoms with van der Waals surface area (Å²) >= 11 is 0. The van der Waals surface area contributed by atoms with Crippen LogP contribution >= 0.6 is 0 Å². The summed E-state index contributed by atoms with van der Waals surface area (Å²) in [6.07, 6.45) is 6.73. The minimum atomic E-state index is -0.858. The Morgan fingerprint density at radius 3 is 2.50 bits per heavy atom. The fourth-order valence-electron chi connectivity index (χ4n) is 1.37. The van der Waals surface area contributed by atoms with Gasteiger partial charge in [0.05, 0.1) is 12.4 Å².